The minimum absolute atomic E-state index is 0.373. The van der Waals surface area contributed by atoms with Crippen molar-refractivity contribution in [2.45, 2.75) is 32.1 Å². The number of phenols is 1. The number of benzene rings is 1. The van der Waals surface area contributed by atoms with Crippen molar-refractivity contribution < 1.29 is 5.11 Å². The molecule has 0 spiro atoms. The van der Waals surface area contributed by atoms with E-state index < -0.39 is 0 Å². The Labute approximate surface area is 114 Å². The Bertz CT molecular complexity index is 559. The highest BCUT2D eigenvalue weighted by molar-refractivity contribution is 5.85. The molecule has 19 heavy (non-hydrogen) atoms. The first-order chi connectivity index (χ1) is 9.28. The Hall–Kier alpha value is -1.48. The number of piperidine rings is 1. The van der Waals surface area contributed by atoms with Crippen LogP contribution in [0.4, 0.5) is 0 Å². The molecule has 1 aliphatic rings. The van der Waals surface area contributed by atoms with Crippen LogP contribution in [-0.4, -0.2) is 34.6 Å². The van der Waals surface area contributed by atoms with Crippen LogP contribution in [0.5, 0.6) is 5.75 Å². The molecule has 1 aliphatic heterocycles. The number of aromatic amines is 1. The van der Waals surface area contributed by atoms with Gasteiger partial charge in [-0.2, -0.15) is 0 Å². The lowest BCUT2D eigenvalue weighted by Crippen LogP contribution is -2.34. The minimum Gasteiger partial charge on any atom is -0.508 e. The molecular weight excluding hydrogens is 236 g/mol. The molecule has 1 atom stereocenters. The number of nitrogens with one attached hydrogen (secondary N) is 1. The molecule has 1 aromatic heterocycles. The van der Waals surface area contributed by atoms with Crippen LogP contribution < -0.4 is 0 Å². The van der Waals surface area contributed by atoms with E-state index in [1.165, 1.54) is 43.3 Å². The third kappa shape index (κ3) is 2.47. The summed E-state index contributed by atoms with van der Waals surface area (Å²) in [6.07, 6.45) is 5.66. The van der Waals surface area contributed by atoms with Gasteiger partial charge in [-0.3, -0.25) is 0 Å². The second-order valence-corrected chi connectivity index (χ2v) is 5.61. The molecule has 0 saturated carbocycles. The fourth-order valence-corrected chi connectivity index (χ4v) is 3.35. The molecule has 0 amide bonds. The molecule has 102 valence electrons. The van der Waals surface area contributed by atoms with E-state index in [0.717, 1.165) is 12.1 Å². The largest absolute Gasteiger partial charge is 0.508 e. The highest BCUT2D eigenvalue weighted by Crippen LogP contribution is 2.34. The van der Waals surface area contributed by atoms with E-state index in [1.54, 1.807) is 0 Å². The van der Waals surface area contributed by atoms with Gasteiger partial charge in [0.1, 0.15) is 5.75 Å². The number of fused-ring (bicyclic) bond motifs is 1. The SMILES string of the molecule is CCCN1CCCC(c2cc(O)cc3[nH]ccc23)C1. The maximum absolute atomic E-state index is 9.90. The van der Waals surface area contributed by atoms with Gasteiger partial charge in [0, 0.05) is 29.7 Å². The van der Waals surface area contributed by atoms with Crippen LogP contribution in [0.3, 0.4) is 0 Å². The molecule has 0 aliphatic carbocycles. The van der Waals surface area contributed by atoms with E-state index in [1.807, 2.05) is 18.3 Å². The van der Waals surface area contributed by atoms with Crippen molar-refractivity contribution in [3.05, 3.63) is 30.0 Å². The number of likely N-dealkylation sites (tertiary alicyclic amines) is 1. The first kappa shape index (κ1) is 12.5. The summed E-state index contributed by atoms with van der Waals surface area (Å²) >= 11 is 0. The second kappa shape index (κ2) is 5.25. The summed E-state index contributed by atoms with van der Waals surface area (Å²) in [5, 5.41) is 11.2. The molecule has 3 rings (SSSR count). The third-order valence-electron chi connectivity index (χ3n) is 4.17. The fraction of sp³-hybridized carbons (Fsp3) is 0.500. The minimum atomic E-state index is 0.373. The zero-order chi connectivity index (χ0) is 13.2. The number of aromatic nitrogens is 1. The van der Waals surface area contributed by atoms with E-state index >= 15 is 0 Å². The van der Waals surface area contributed by atoms with Crippen molar-refractivity contribution in [3.63, 3.8) is 0 Å². The lowest BCUT2D eigenvalue weighted by Gasteiger charge is -2.33. The predicted molar refractivity (Wildman–Crippen MR) is 78.7 cm³/mol. The van der Waals surface area contributed by atoms with E-state index in [9.17, 15) is 5.11 Å². The van der Waals surface area contributed by atoms with Crippen LogP contribution in [-0.2, 0) is 0 Å². The average molecular weight is 258 g/mol. The molecule has 3 nitrogen and oxygen atoms in total. The molecule has 2 heterocycles. The molecule has 1 unspecified atom stereocenters. The summed E-state index contributed by atoms with van der Waals surface area (Å²) in [6.45, 7) is 5.77. The predicted octanol–water partition coefficient (Wildman–Crippen LogP) is 3.46. The lowest BCUT2D eigenvalue weighted by molar-refractivity contribution is 0.209. The Morgan fingerprint density at radius 2 is 2.32 bits per heavy atom. The quantitative estimate of drug-likeness (QED) is 0.885. The Morgan fingerprint density at radius 1 is 1.42 bits per heavy atom. The highest BCUT2D eigenvalue weighted by atomic mass is 16.3. The van der Waals surface area contributed by atoms with Gasteiger partial charge in [0.15, 0.2) is 0 Å². The van der Waals surface area contributed by atoms with Gasteiger partial charge in [-0.15, -0.1) is 0 Å². The number of nitrogens with zero attached hydrogens (tertiary/aromatic N) is 1. The van der Waals surface area contributed by atoms with Gasteiger partial charge in [0.05, 0.1) is 0 Å². The molecule has 1 fully saturated rings. The normalized spacial score (nSPS) is 21.0. The van der Waals surface area contributed by atoms with Crippen molar-refractivity contribution in [1.82, 2.24) is 9.88 Å². The number of aromatic hydroxyl groups is 1. The van der Waals surface area contributed by atoms with E-state index in [0.29, 0.717) is 11.7 Å². The number of hydrogen-bond acceptors (Lipinski definition) is 2. The Balaban J connectivity index is 1.92. The number of rotatable bonds is 3. The number of H-pyrrole nitrogens is 1. The molecule has 1 saturated heterocycles. The van der Waals surface area contributed by atoms with Gasteiger partial charge >= 0.3 is 0 Å². The van der Waals surface area contributed by atoms with Gasteiger partial charge in [-0.05, 0) is 56.0 Å². The van der Waals surface area contributed by atoms with E-state index in [-0.39, 0.29) is 0 Å². The zero-order valence-electron chi connectivity index (χ0n) is 11.5. The summed E-state index contributed by atoms with van der Waals surface area (Å²) in [6, 6.07) is 5.89. The van der Waals surface area contributed by atoms with Crippen molar-refractivity contribution >= 4 is 10.9 Å². The molecular formula is C16H22N2O. The summed E-state index contributed by atoms with van der Waals surface area (Å²) in [4.78, 5) is 5.75. The Morgan fingerprint density at radius 3 is 3.16 bits per heavy atom. The van der Waals surface area contributed by atoms with Gasteiger partial charge in [-0.25, -0.2) is 0 Å². The van der Waals surface area contributed by atoms with Gasteiger partial charge in [0.25, 0.3) is 0 Å². The lowest BCUT2D eigenvalue weighted by atomic mass is 9.88. The topological polar surface area (TPSA) is 39.3 Å². The first-order valence-electron chi connectivity index (χ1n) is 7.30. The molecule has 2 N–H and O–H groups in total. The zero-order valence-corrected chi connectivity index (χ0v) is 11.5. The molecule has 0 bridgehead atoms. The standard InChI is InChI=1S/C16H22N2O/c1-2-7-18-8-3-4-12(11-18)15-9-13(19)10-16-14(15)5-6-17-16/h5-6,9-10,12,17,19H,2-4,7-8,11H2,1H3. The van der Waals surface area contributed by atoms with Crippen molar-refractivity contribution in [1.29, 1.82) is 0 Å². The van der Waals surface area contributed by atoms with E-state index in [2.05, 4.69) is 22.9 Å². The first-order valence-corrected chi connectivity index (χ1v) is 7.30. The molecule has 3 heteroatoms. The van der Waals surface area contributed by atoms with Crippen LogP contribution >= 0.6 is 0 Å². The van der Waals surface area contributed by atoms with E-state index in [4.69, 9.17) is 0 Å². The van der Waals surface area contributed by atoms with Crippen LogP contribution in [0, 0.1) is 0 Å². The highest BCUT2D eigenvalue weighted by Gasteiger charge is 2.22. The fourth-order valence-electron chi connectivity index (χ4n) is 3.35. The number of hydrogen-bond donors (Lipinski definition) is 2. The molecule has 2 aromatic rings. The monoisotopic (exact) mass is 258 g/mol. The Kier molecular flexibility index (Phi) is 3.47. The molecule has 0 radical (unpaired) electrons. The van der Waals surface area contributed by atoms with Crippen molar-refractivity contribution in [3.8, 4) is 5.75 Å². The summed E-state index contributed by atoms with van der Waals surface area (Å²) in [5.74, 6) is 0.920. The maximum Gasteiger partial charge on any atom is 0.117 e. The molecule has 1 aromatic carbocycles. The van der Waals surface area contributed by atoms with Gasteiger partial charge < -0.3 is 15.0 Å². The van der Waals surface area contributed by atoms with Crippen LogP contribution in [0.2, 0.25) is 0 Å². The third-order valence-corrected chi connectivity index (χ3v) is 4.17. The van der Waals surface area contributed by atoms with Gasteiger partial charge in [-0.1, -0.05) is 6.92 Å². The van der Waals surface area contributed by atoms with Crippen LogP contribution in [0.1, 0.15) is 37.7 Å². The smallest absolute Gasteiger partial charge is 0.117 e. The van der Waals surface area contributed by atoms with Crippen molar-refractivity contribution in [2.75, 3.05) is 19.6 Å². The number of phenolic OH excluding ortho intramolecular Hbond substituents is 1. The summed E-state index contributed by atoms with van der Waals surface area (Å²) in [7, 11) is 0. The summed E-state index contributed by atoms with van der Waals surface area (Å²) in [5.41, 5.74) is 2.35. The maximum atomic E-state index is 9.90. The van der Waals surface area contributed by atoms with Crippen LogP contribution in [0.25, 0.3) is 10.9 Å². The second-order valence-electron chi connectivity index (χ2n) is 5.61. The van der Waals surface area contributed by atoms with Gasteiger partial charge in [0.2, 0.25) is 0 Å². The summed E-state index contributed by atoms with van der Waals surface area (Å²) < 4.78 is 0. The van der Waals surface area contributed by atoms with Crippen LogP contribution in [0.15, 0.2) is 24.4 Å². The van der Waals surface area contributed by atoms with Crippen molar-refractivity contribution in [2.24, 2.45) is 0 Å². The average Bonchev–Trinajstić information content (AvgIpc) is 2.86.